The minimum atomic E-state index is -2.91. The van der Waals surface area contributed by atoms with Crippen LogP contribution in [0.25, 0.3) is 0 Å². The molecule has 0 aliphatic rings. The number of quaternary nitrogens is 1. The van der Waals surface area contributed by atoms with Crippen molar-refractivity contribution in [2.45, 2.75) is 19.7 Å². The van der Waals surface area contributed by atoms with Crippen LogP contribution in [0, 0.1) is 0 Å². The van der Waals surface area contributed by atoms with E-state index in [0.29, 0.717) is 19.6 Å². The van der Waals surface area contributed by atoms with E-state index in [1.54, 1.807) is 12.1 Å². The Hall–Kier alpha value is -2.67. The summed E-state index contributed by atoms with van der Waals surface area (Å²) in [5.41, 5.74) is 1.90. The molecular weight excluding hydrogens is 342 g/mol. The number of benzene rings is 2. The van der Waals surface area contributed by atoms with Crippen LogP contribution in [0.2, 0.25) is 0 Å². The molecule has 0 bridgehead atoms. The third-order valence-electron chi connectivity index (χ3n) is 3.74. The molecule has 2 aromatic rings. The van der Waals surface area contributed by atoms with E-state index in [1.807, 2.05) is 37.4 Å². The van der Waals surface area contributed by atoms with Crippen molar-refractivity contribution in [1.82, 2.24) is 5.32 Å². The fraction of sp³-hybridized carbons (Fsp3) is 0.316. The molecule has 2 N–H and O–H groups in total. The summed E-state index contributed by atoms with van der Waals surface area (Å²) in [4.78, 5) is 13.0. The summed E-state index contributed by atoms with van der Waals surface area (Å²) in [5.74, 6) is 0.171. The van der Waals surface area contributed by atoms with Crippen molar-refractivity contribution in [2.75, 3.05) is 20.7 Å². The van der Waals surface area contributed by atoms with Gasteiger partial charge in [-0.3, -0.25) is 4.79 Å². The van der Waals surface area contributed by atoms with Gasteiger partial charge in [0.05, 0.1) is 14.2 Å². The number of amides is 1. The molecule has 1 unspecified atom stereocenters. The first-order valence-electron chi connectivity index (χ1n) is 8.21. The number of hydrogen-bond acceptors (Lipinski definition) is 3. The molecule has 5 nitrogen and oxygen atoms in total. The van der Waals surface area contributed by atoms with Crippen LogP contribution >= 0.6 is 0 Å². The zero-order valence-electron chi connectivity index (χ0n) is 14.8. The number of hydrogen-bond donors (Lipinski definition) is 2. The second-order valence-corrected chi connectivity index (χ2v) is 5.94. The normalized spacial score (nSPS) is 11.9. The average Bonchev–Trinajstić information content (AvgIpc) is 2.61. The highest BCUT2D eigenvalue weighted by Gasteiger charge is 2.14. The summed E-state index contributed by atoms with van der Waals surface area (Å²) >= 11 is 0. The van der Waals surface area contributed by atoms with Crippen molar-refractivity contribution in [3.05, 3.63) is 59.7 Å². The fourth-order valence-electron chi connectivity index (χ4n) is 2.56. The van der Waals surface area contributed by atoms with Crippen LogP contribution in [0.15, 0.2) is 48.5 Å². The monoisotopic (exact) mass is 365 g/mol. The molecule has 0 heterocycles. The lowest BCUT2D eigenvalue weighted by Crippen LogP contribution is -3.08. The summed E-state index contributed by atoms with van der Waals surface area (Å²) in [5, 5.41) is 2.88. The molecule has 0 spiro atoms. The Labute approximate surface area is 151 Å². The summed E-state index contributed by atoms with van der Waals surface area (Å²) in [7, 11) is 3.28. The number of ether oxygens (including phenoxy) is 2. The third-order valence-corrected chi connectivity index (χ3v) is 3.74. The summed E-state index contributed by atoms with van der Waals surface area (Å²) in [6.07, 6.45) is 0. The van der Waals surface area contributed by atoms with Gasteiger partial charge in [0.25, 0.3) is 5.91 Å². The molecule has 0 aliphatic carbocycles. The van der Waals surface area contributed by atoms with Gasteiger partial charge >= 0.3 is 6.61 Å². The second-order valence-electron chi connectivity index (χ2n) is 5.94. The molecule has 0 radical (unpaired) electrons. The highest BCUT2D eigenvalue weighted by molar-refractivity contribution is 5.76. The highest BCUT2D eigenvalue weighted by atomic mass is 19.3. The molecule has 0 aliphatic heterocycles. The Morgan fingerprint density at radius 1 is 1.12 bits per heavy atom. The topological polar surface area (TPSA) is 52.0 Å². The first kappa shape index (κ1) is 19.7. The molecular formula is C19H23F2N2O3+. The molecule has 0 saturated heterocycles. The van der Waals surface area contributed by atoms with Crippen LogP contribution in [0.3, 0.4) is 0 Å². The van der Waals surface area contributed by atoms with Gasteiger partial charge in [0, 0.05) is 12.1 Å². The first-order valence-corrected chi connectivity index (χ1v) is 8.21. The van der Waals surface area contributed by atoms with Crippen LogP contribution in [-0.4, -0.2) is 33.2 Å². The van der Waals surface area contributed by atoms with E-state index in [1.165, 1.54) is 13.2 Å². The van der Waals surface area contributed by atoms with Crippen molar-refractivity contribution in [3.8, 4) is 11.5 Å². The Kier molecular flexibility index (Phi) is 7.35. The predicted molar refractivity (Wildman–Crippen MR) is 93.4 cm³/mol. The van der Waals surface area contributed by atoms with Gasteiger partial charge in [0.15, 0.2) is 18.0 Å². The molecule has 2 aromatic carbocycles. The zero-order chi connectivity index (χ0) is 18.9. The molecule has 1 atom stereocenters. The highest BCUT2D eigenvalue weighted by Crippen LogP contribution is 2.29. The van der Waals surface area contributed by atoms with E-state index < -0.39 is 6.61 Å². The van der Waals surface area contributed by atoms with Crippen molar-refractivity contribution in [3.63, 3.8) is 0 Å². The number of carbonyl (C=O) groups excluding carboxylic acids is 1. The van der Waals surface area contributed by atoms with E-state index in [9.17, 15) is 13.6 Å². The second kappa shape index (κ2) is 9.72. The van der Waals surface area contributed by atoms with Crippen molar-refractivity contribution >= 4 is 5.91 Å². The summed E-state index contributed by atoms with van der Waals surface area (Å²) in [6.45, 7) is -1.58. The van der Waals surface area contributed by atoms with Crippen LogP contribution in [-0.2, 0) is 17.9 Å². The number of halogens is 2. The van der Waals surface area contributed by atoms with Crippen LogP contribution in [0.4, 0.5) is 8.78 Å². The van der Waals surface area contributed by atoms with Gasteiger partial charge in [-0.25, -0.2) is 0 Å². The Morgan fingerprint density at radius 3 is 2.50 bits per heavy atom. The van der Waals surface area contributed by atoms with Crippen molar-refractivity contribution in [1.29, 1.82) is 0 Å². The Balaban J connectivity index is 1.86. The molecule has 7 heteroatoms. The smallest absolute Gasteiger partial charge is 0.387 e. The van der Waals surface area contributed by atoms with Gasteiger partial charge < -0.3 is 19.7 Å². The average molecular weight is 365 g/mol. The lowest BCUT2D eigenvalue weighted by atomic mass is 10.2. The van der Waals surface area contributed by atoms with Gasteiger partial charge in [-0.2, -0.15) is 8.78 Å². The number of likely N-dealkylation sites (N-methyl/N-ethyl adjacent to an activating group) is 1. The molecule has 0 aromatic heterocycles. The quantitative estimate of drug-likeness (QED) is 0.710. The van der Waals surface area contributed by atoms with Gasteiger partial charge in [-0.15, -0.1) is 0 Å². The van der Waals surface area contributed by atoms with E-state index >= 15 is 0 Å². The van der Waals surface area contributed by atoms with E-state index in [0.717, 1.165) is 16.0 Å². The van der Waals surface area contributed by atoms with E-state index in [4.69, 9.17) is 4.74 Å². The lowest BCUT2D eigenvalue weighted by Gasteiger charge is -2.16. The molecule has 140 valence electrons. The number of nitrogens with one attached hydrogen (secondary N) is 2. The van der Waals surface area contributed by atoms with Crippen LogP contribution in [0.1, 0.15) is 11.1 Å². The Morgan fingerprint density at radius 2 is 1.85 bits per heavy atom. The molecule has 1 amide bonds. The van der Waals surface area contributed by atoms with Crippen LogP contribution < -0.4 is 19.7 Å². The molecule has 26 heavy (non-hydrogen) atoms. The third kappa shape index (κ3) is 6.33. The Bertz CT molecular complexity index is 711. The largest absolute Gasteiger partial charge is 0.493 e. The summed E-state index contributed by atoms with van der Waals surface area (Å²) in [6, 6.07) is 14.5. The number of carbonyl (C=O) groups is 1. The first-order chi connectivity index (χ1) is 12.5. The van der Waals surface area contributed by atoms with E-state index in [2.05, 4.69) is 10.1 Å². The van der Waals surface area contributed by atoms with Crippen molar-refractivity contribution < 1.29 is 27.9 Å². The lowest BCUT2D eigenvalue weighted by molar-refractivity contribution is -0.885. The molecule has 2 rings (SSSR count). The maximum atomic E-state index is 12.4. The van der Waals surface area contributed by atoms with Gasteiger partial charge in [0.1, 0.15) is 6.54 Å². The molecule has 0 fully saturated rings. The maximum absolute atomic E-state index is 12.4. The predicted octanol–water partition coefficient (Wildman–Crippen LogP) is 1.63. The fourth-order valence-corrected chi connectivity index (χ4v) is 2.56. The zero-order valence-corrected chi connectivity index (χ0v) is 14.8. The van der Waals surface area contributed by atoms with Crippen molar-refractivity contribution in [2.24, 2.45) is 0 Å². The SMILES string of the molecule is COc1cc(C[NH+](C)CC(=O)NCc2ccccc2)ccc1OC(F)F. The minimum absolute atomic E-state index is 0.00972. The number of rotatable bonds is 9. The molecule has 0 saturated carbocycles. The number of methoxy groups -OCH3 is 1. The standard InChI is InChI=1S/C19H22F2N2O3/c1-23(13-18(24)22-11-14-6-4-3-5-7-14)12-15-8-9-16(26-19(20)21)17(10-15)25-2/h3-10,19H,11-13H2,1-2H3,(H,22,24)/p+1. The van der Waals surface area contributed by atoms with Gasteiger partial charge in [0.2, 0.25) is 0 Å². The van der Waals surface area contributed by atoms with E-state index in [-0.39, 0.29) is 17.4 Å². The van der Waals surface area contributed by atoms with Gasteiger partial charge in [-0.05, 0) is 23.8 Å². The van der Waals surface area contributed by atoms with Crippen LogP contribution in [0.5, 0.6) is 11.5 Å². The number of alkyl halides is 2. The summed E-state index contributed by atoms with van der Waals surface area (Å²) < 4.78 is 34.2. The van der Waals surface area contributed by atoms with Gasteiger partial charge in [-0.1, -0.05) is 30.3 Å². The maximum Gasteiger partial charge on any atom is 0.387 e. The minimum Gasteiger partial charge on any atom is -0.493 e.